The van der Waals surface area contributed by atoms with Crippen LogP contribution in [0.15, 0.2) is 35.4 Å². The number of hydrogen-bond acceptors (Lipinski definition) is 5. The van der Waals surface area contributed by atoms with E-state index in [9.17, 15) is 4.21 Å². The van der Waals surface area contributed by atoms with Crippen LogP contribution in [0.3, 0.4) is 0 Å². The van der Waals surface area contributed by atoms with Crippen molar-refractivity contribution in [3.05, 3.63) is 30.5 Å². The predicted octanol–water partition coefficient (Wildman–Crippen LogP) is 1.77. The number of aromatic amines is 1. The maximum Gasteiger partial charge on any atom is 0.200 e. The van der Waals surface area contributed by atoms with E-state index in [2.05, 4.69) is 20.2 Å². The van der Waals surface area contributed by atoms with Gasteiger partial charge in [0.05, 0.1) is 24.4 Å². The van der Waals surface area contributed by atoms with Crippen LogP contribution in [0.5, 0.6) is 5.75 Å². The third-order valence-corrected chi connectivity index (χ3v) is 3.85. The predicted molar refractivity (Wildman–Crippen MR) is 76.0 cm³/mol. The van der Waals surface area contributed by atoms with E-state index in [1.54, 1.807) is 37.8 Å². The number of fused-ring (bicyclic) bond motifs is 1. The smallest absolute Gasteiger partial charge is 0.200 e. The van der Waals surface area contributed by atoms with Gasteiger partial charge in [-0.3, -0.25) is 4.21 Å². The molecule has 102 valence electrons. The normalized spacial score (nSPS) is 12.5. The van der Waals surface area contributed by atoms with Crippen LogP contribution in [0.4, 0.5) is 0 Å². The van der Waals surface area contributed by atoms with Crippen molar-refractivity contribution in [3.8, 4) is 17.1 Å². The molecule has 2 aromatic heterocycles. The third-order valence-electron chi connectivity index (χ3n) is 2.93. The number of nitrogens with zero attached hydrogens (tertiary/aromatic N) is 3. The van der Waals surface area contributed by atoms with Gasteiger partial charge in [-0.25, -0.2) is 4.98 Å². The number of ether oxygens (including phenoxy) is 1. The Bertz CT molecular complexity index is 767. The van der Waals surface area contributed by atoms with Crippen molar-refractivity contribution in [2.75, 3.05) is 13.4 Å². The maximum absolute atomic E-state index is 11.5. The van der Waals surface area contributed by atoms with E-state index in [-0.39, 0.29) is 0 Å². The van der Waals surface area contributed by atoms with Crippen LogP contribution in [0.2, 0.25) is 0 Å². The molecule has 3 rings (SSSR count). The van der Waals surface area contributed by atoms with E-state index >= 15 is 0 Å². The molecule has 2 heterocycles. The second-order valence-electron chi connectivity index (χ2n) is 4.17. The largest absolute Gasteiger partial charge is 0.496 e. The van der Waals surface area contributed by atoms with Crippen molar-refractivity contribution < 1.29 is 8.95 Å². The number of aromatic nitrogens is 4. The molecule has 1 N–H and O–H groups in total. The van der Waals surface area contributed by atoms with E-state index in [4.69, 9.17) is 4.74 Å². The first-order valence-electron chi connectivity index (χ1n) is 5.88. The van der Waals surface area contributed by atoms with Crippen molar-refractivity contribution in [2.45, 2.75) is 4.90 Å². The van der Waals surface area contributed by atoms with Crippen molar-refractivity contribution in [3.63, 3.8) is 0 Å². The van der Waals surface area contributed by atoms with Gasteiger partial charge in [-0.2, -0.15) is 5.10 Å². The fourth-order valence-electron chi connectivity index (χ4n) is 1.94. The number of H-pyrrole nitrogens is 1. The molecule has 0 aliphatic heterocycles. The summed E-state index contributed by atoms with van der Waals surface area (Å²) >= 11 is 0. The summed E-state index contributed by atoms with van der Waals surface area (Å²) in [5, 5.41) is 7.74. The van der Waals surface area contributed by atoms with Crippen LogP contribution in [0.1, 0.15) is 0 Å². The molecule has 3 aromatic rings. The minimum atomic E-state index is -1.05. The second kappa shape index (κ2) is 5.01. The lowest BCUT2D eigenvalue weighted by Gasteiger charge is -2.07. The van der Waals surface area contributed by atoms with Crippen LogP contribution in [-0.2, 0) is 10.8 Å². The van der Waals surface area contributed by atoms with E-state index in [0.717, 1.165) is 11.1 Å². The van der Waals surface area contributed by atoms with Gasteiger partial charge in [0.1, 0.15) is 11.6 Å². The van der Waals surface area contributed by atoms with Gasteiger partial charge in [0.15, 0.2) is 5.65 Å². The molecule has 0 saturated heterocycles. The molecule has 20 heavy (non-hydrogen) atoms. The van der Waals surface area contributed by atoms with Crippen molar-refractivity contribution in [1.29, 1.82) is 0 Å². The highest BCUT2D eigenvalue weighted by Crippen LogP contribution is 2.30. The van der Waals surface area contributed by atoms with E-state index in [1.807, 2.05) is 6.07 Å². The van der Waals surface area contributed by atoms with Gasteiger partial charge >= 0.3 is 0 Å². The molecule has 0 aliphatic carbocycles. The SMILES string of the molecule is COc1cc(S(C)=O)ccc1-c1nc2nnccc2[nH]1. The van der Waals surface area contributed by atoms with Crippen LogP contribution < -0.4 is 4.74 Å². The lowest BCUT2D eigenvalue weighted by atomic mass is 10.2. The van der Waals surface area contributed by atoms with Gasteiger partial charge in [0, 0.05) is 22.0 Å². The van der Waals surface area contributed by atoms with Gasteiger partial charge in [0.2, 0.25) is 0 Å². The molecule has 0 bridgehead atoms. The summed E-state index contributed by atoms with van der Waals surface area (Å²) in [6.45, 7) is 0. The van der Waals surface area contributed by atoms with E-state index < -0.39 is 10.8 Å². The first-order chi connectivity index (χ1) is 9.69. The number of imidazole rings is 1. The zero-order valence-electron chi connectivity index (χ0n) is 11.0. The quantitative estimate of drug-likeness (QED) is 0.794. The number of rotatable bonds is 3. The fourth-order valence-corrected chi connectivity index (χ4v) is 2.47. The summed E-state index contributed by atoms with van der Waals surface area (Å²) in [6, 6.07) is 7.19. The molecule has 1 unspecified atom stereocenters. The number of hydrogen-bond donors (Lipinski definition) is 1. The molecule has 0 saturated carbocycles. The topological polar surface area (TPSA) is 80.8 Å². The van der Waals surface area contributed by atoms with E-state index in [0.29, 0.717) is 22.1 Å². The Balaban J connectivity index is 2.15. The summed E-state index contributed by atoms with van der Waals surface area (Å²) in [7, 11) is 0.520. The Kier molecular flexibility index (Phi) is 3.19. The summed E-state index contributed by atoms with van der Waals surface area (Å²) < 4.78 is 16.9. The molecular formula is C13H12N4O2S. The highest BCUT2D eigenvalue weighted by molar-refractivity contribution is 7.84. The first kappa shape index (κ1) is 12.7. The average molecular weight is 288 g/mol. The van der Waals surface area contributed by atoms with Crippen LogP contribution >= 0.6 is 0 Å². The maximum atomic E-state index is 11.5. The number of benzene rings is 1. The Morgan fingerprint density at radius 2 is 2.15 bits per heavy atom. The molecular weight excluding hydrogens is 276 g/mol. The molecule has 0 amide bonds. The zero-order chi connectivity index (χ0) is 14.1. The van der Waals surface area contributed by atoms with Crippen molar-refractivity contribution in [2.24, 2.45) is 0 Å². The standard InChI is InChI=1S/C13H12N4O2S/c1-19-11-7-8(20(2)18)3-4-9(11)12-15-10-5-6-14-17-13(10)16-12/h3-7H,1-2H3,(H,15,16,17). The molecule has 1 aromatic carbocycles. The molecule has 1 atom stereocenters. The number of methoxy groups -OCH3 is 1. The lowest BCUT2D eigenvalue weighted by Crippen LogP contribution is -1.93. The second-order valence-corrected chi connectivity index (χ2v) is 5.55. The Labute approximate surface area is 117 Å². The monoisotopic (exact) mass is 288 g/mol. The van der Waals surface area contributed by atoms with Crippen molar-refractivity contribution >= 4 is 22.0 Å². The van der Waals surface area contributed by atoms with E-state index in [1.165, 1.54) is 0 Å². The summed E-state index contributed by atoms with van der Waals surface area (Å²) in [6.07, 6.45) is 3.23. The van der Waals surface area contributed by atoms with Gasteiger partial charge in [-0.15, -0.1) is 5.10 Å². The lowest BCUT2D eigenvalue weighted by molar-refractivity contribution is 0.415. The van der Waals surface area contributed by atoms with Crippen LogP contribution in [-0.4, -0.2) is 37.7 Å². The molecule has 0 spiro atoms. The van der Waals surface area contributed by atoms with Gasteiger partial charge < -0.3 is 9.72 Å². The summed E-state index contributed by atoms with van der Waals surface area (Å²) in [5.74, 6) is 1.26. The average Bonchev–Trinajstić information content (AvgIpc) is 2.90. The molecule has 0 aliphatic rings. The fraction of sp³-hybridized carbons (Fsp3) is 0.154. The molecule has 0 radical (unpaired) electrons. The first-order valence-corrected chi connectivity index (χ1v) is 7.44. The van der Waals surface area contributed by atoms with Crippen molar-refractivity contribution in [1.82, 2.24) is 20.2 Å². The minimum Gasteiger partial charge on any atom is -0.496 e. The third kappa shape index (κ3) is 2.16. The Hall–Kier alpha value is -2.28. The highest BCUT2D eigenvalue weighted by Gasteiger charge is 2.13. The zero-order valence-corrected chi connectivity index (χ0v) is 11.8. The van der Waals surface area contributed by atoms with Crippen LogP contribution in [0, 0.1) is 0 Å². The molecule has 0 fully saturated rings. The van der Waals surface area contributed by atoms with Gasteiger partial charge in [-0.05, 0) is 24.3 Å². The van der Waals surface area contributed by atoms with Gasteiger partial charge in [0.25, 0.3) is 0 Å². The summed E-state index contributed by atoms with van der Waals surface area (Å²) in [5.41, 5.74) is 2.15. The summed E-state index contributed by atoms with van der Waals surface area (Å²) in [4.78, 5) is 8.26. The molecule has 6 nitrogen and oxygen atoms in total. The van der Waals surface area contributed by atoms with Crippen LogP contribution in [0.25, 0.3) is 22.6 Å². The Morgan fingerprint density at radius 3 is 2.85 bits per heavy atom. The highest BCUT2D eigenvalue weighted by atomic mass is 32.2. The van der Waals surface area contributed by atoms with Gasteiger partial charge in [-0.1, -0.05) is 0 Å². The number of nitrogens with one attached hydrogen (secondary N) is 1. The minimum absolute atomic E-state index is 0.549. The molecule has 7 heteroatoms. The Morgan fingerprint density at radius 1 is 1.30 bits per heavy atom.